The normalized spacial score (nSPS) is 11.1. The van der Waals surface area contributed by atoms with Crippen molar-refractivity contribution in [2.75, 3.05) is 0 Å². The highest BCUT2D eigenvalue weighted by Gasteiger charge is 2.11. The molecular formula is C8H5N3O2S. The second-order valence-electron chi connectivity index (χ2n) is 2.70. The van der Waals surface area contributed by atoms with Crippen LogP contribution in [0.4, 0.5) is 0 Å². The topological polar surface area (TPSA) is 63.6 Å². The first-order valence-corrected chi connectivity index (χ1v) is 4.79. The van der Waals surface area contributed by atoms with Gasteiger partial charge in [0.15, 0.2) is 5.76 Å². The molecule has 0 aliphatic rings. The van der Waals surface area contributed by atoms with Crippen LogP contribution in [-0.2, 0) is 0 Å². The third-order valence-electron chi connectivity index (χ3n) is 1.81. The predicted molar refractivity (Wildman–Crippen MR) is 50.2 cm³/mol. The van der Waals surface area contributed by atoms with Crippen molar-refractivity contribution in [3.8, 4) is 17.5 Å². The molecule has 5 nitrogen and oxygen atoms in total. The summed E-state index contributed by atoms with van der Waals surface area (Å²) in [6.07, 6.45) is 1.56. The number of hydrogen-bond donors (Lipinski definition) is 1. The first-order valence-electron chi connectivity index (χ1n) is 3.92. The van der Waals surface area contributed by atoms with E-state index in [2.05, 4.69) is 10.1 Å². The van der Waals surface area contributed by atoms with E-state index < -0.39 is 0 Å². The quantitative estimate of drug-likeness (QED) is 0.660. The van der Waals surface area contributed by atoms with Gasteiger partial charge >= 0.3 is 0 Å². The lowest BCUT2D eigenvalue weighted by Crippen LogP contribution is -1.82. The molecule has 3 aromatic heterocycles. The summed E-state index contributed by atoms with van der Waals surface area (Å²) in [5.74, 6) is 1.17. The summed E-state index contributed by atoms with van der Waals surface area (Å²) in [7, 11) is 0. The zero-order valence-electron chi connectivity index (χ0n) is 6.91. The predicted octanol–water partition coefficient (Wildman–Crippen LogP) is 1.76. The van der Waals surface area contributed by atoms with Crippen LogP contribution in [0, 0.1) is 0 Å². The van der Waals surface area contributed by atoms with E-state index in [9.17, 15) is 5.11 Å². The fourth-order valence-electron chi connectivity index (χ4n) is 1.19. The van der Waals surface area contributed by atoms with Crippen LogP contribution in [0.5, 0.6) is 5.88 Å². The van der Waals surface area contributed by atoms with E-state index in [1.54, 1.807) is 23.8 Å². The lowest BCUT2D eigenvalue weighted by molar-refractivity contribution is 0.440. The summed E-state index contributed by atoms with van der Waals surface area (Å²) in [5, 5.41) is 15.0. The Hall–Kier alpha value is -1.82. The highest BCUT2D eigenvalue weighted by molar-refractivity contribution is 7.15. The van der Waals surface area contributed by atoms with Crippen LogP contribution < -0.4 is 0 Å². The number of thiazole rings is 1. The second kappa shape index (κ2) is 2.58. The maximum atomic E-state index is 9.36. The van der Waals surface area contributed by atoms with Crippen molar-refractivity contribution in [2.24, 2.45) is 0 Å². The van der Waals surface area contributed by atoms with Crippen LogP contribution in [0.3, 0.4) is 0 Å². The standard InChI is InChI=1S/C8H5N3O2S/c12-6-4-14-8-9-7(10-11(6)8)5-2-1-3-13-5/h1-4,12H. The molecule has 0 radical (unpaired) electrons. The monoisotopic (exact) mass is 207 g/mol. The lowest BCUT2D eigenvalue weighted by atomic mass is 10.4. The minimum absolute atomic E-state index is 0.0929. The summed E-state index contributed by atoms with van der Waals surface area (Å²) < 4.78 is 6.52. The van der Waals surface area contributed by atoms with Gasteiger partial charge in [-0.05, 0) is 12.1 Å². The van der Waals surface area contributed by atoms with E-state index in [0.717, 1.165) is 0 Å². The summed E-state index contributed by atoms with van der Waals surface area (Å²) >= 11 is 1.33. The highest BCUT2D eigenvalue weighted by atomic mass is 32.1. The number of nitrogens with zero attached hydrogens (tertiary/aromatic N) is 3. The van der Waals surface area contributed by atoms with Gasteiger partial charge in [0.1, 0.15) is 0 Å². The van der Waals surface area contributed by atoms with Gasteiger partial charge in [0, 0.05) is 0 Å². The van der Waals surface area contributed by atoms with E-state index in [0.29, 0.717) is 16.5 Å². The van der Waals surface area contributed by atoms with Gasteiger partial charge < -0.3 is 9.52 Å². The van der Waals surface area contributed by atoms with Gasteiger partial charge in [-0.25, -0.2) is 0 Å². The summed E-state index contributed by atoms with van der Waals surface area (Å²) in [6.45, 7) is 0. The molecule has 0 atom stereocenters. The molecule has 3 heterocycles. The number of aromatic nitrogens is 3. The van der Waals surface area contributed by atoms with Gasteiger partial charge in [-0.15, -0.1) is 5.10 Å². The Morgan fingerprint density at radius 1 is 1.50 bits per heavy atom. The SMILES string of the molecule is Oc1csc2nc(-c3ccco3)nn12. The number of fused-ring (bicyclic) bond motifs is 1. The van der Waals surface area contributed by atoms with Gasteiger partial charge in [0.25, 0.3) is 0 Å². The molecule has 0 saturated heterocycles. The zero-order chi connectivity index (χ0) is 9.54. The van der Waals surface area contributed by atoms with E-state index >= 15 is 0 Å². The molecule has 70 valence electrons. The molecule has 1 N–H and O–H groups in total. The molecule has 0 bridgehead atoms. The van der Waals surface area contributed by atoms with Crippen LogP contribution in [0.1, 0.15) is 0 Å². The Morgan fingerprint density at radius 3 is 3.14 bits per heavy atom. The molecule has 0 aliphatic heterocycles. The Kier molecular flexibility index (Phi) is 1.40. The molecule has 0 unspecified atom stereocenters. The fourth-order valence-corrected chi connectivity index (χ4v) is 1.87. The molecule has 0 spiro atoms. The molecule has 0 fully saturated rings. The summed E-state index contributed by atoms with van der Waals surface area (Å²) in [4.78, 5) is 4.84. The van der Waals surface area contributed by atoms with Crippen LogP contribution in [-0.4, -0.2) is 19.7 Å². The van der Waals surface area contributed by atoms with E-state index in [1.807, 2.05) is 0 Å². The molecule has 6 heteroatoms. The molecule has 3 aromatic rings. The van der Waals surface area contributed by atoms with Crippen molar-refractivity contribution in [3.05, 3.63) is 23.8 Å². The zero-order valence-corrected chi connectivity index (χ0v) is 7.73. The van der Waals surface area contributed by atoms with Crippen LogP contribution in [0.25, 0.3) is 16.5 Å². The fraction of sp³-hybridized carbons (Fsp3) is 0. The Balaban J connectivity index is 2.24. The van der Waals surface area contributed by atoms with E-state index in [1.165, 1.54) is 15.9 Å². The third-order valence-corrected chi connectivity index (χ3v) is 2.61. The first-order chi connectivity index (χ1) is 6.84. The number of aromatic hydroxyl groups is 1. The van der Waals surface area contributed by atoms with Gasteiger partial charge in [0.2, 0.25) is 16.7 Å². The van der Waals surface area contributed by atoms with Crippen LogP contribution >= 0.6 is 11.3 Å². The van der Waals surface area contributed by atoms with Crippen molar-refractivity contribution in [1.82, 2.24) is 14.6 Å². The van der Waals surface area contributed by atoms with Crippen LogP contribution in [0.2, 0.25) is 0 Å². The average Bonchev–Trinajstić information content (AvgIpc) is 2.83. The van der Waals surface area contributed by atoms with Gasteiger partial charge in [-0.3, -0.25) is 0 Å². The molecule has 0 saturated carbocycles. The van der Waals surface area contributed by atoms with Crippen molar-refractivity contribution >= 4 is 16.3 Å². The maximum Gasteiger partial charge on any atom is 0.225 e. The summed E-state index contributed by atoms with van der Waals surface area (Å²) in [6, 6.07) is 3.54. The van der Waals surface area contributed by atoms with E-state index in [-0.39, 0.29) is 5.88 Å². The molecular weight excluding hydrogens is 202 g/mol. The summed E-state index contributed by atoms with van der Waals surface area (Å²) in [5.41, 5.74) is 0. The second-order valence-corrected chi connectivity index (χ2v) is 3.54. The number of rotatable bonds is 1. The Morgan fingerprint density at radius 2 is 2.43 bits per heavy atom. The Labute approximate surface area is 82.2 Å². The minimum Gasteiger partial charge on any atom is -0.493 e. The lowest BCUT2D eigenvalue weighted by Gasteiger charge is -1.85. The van der Waals surface area contributed by atoms with Crippen molar-refractivity contribution < 1.29 is 9.52 Å². The van der Waals surface area contributed by atoms with Gasteiger partial charge in [-0.2, -0.15) is 9.50 Å². The minimum atomic E-state index is 0.0929. The smallest absolute Gasteiger partial charge is 0.225 e. The number of hydrogen-bond acceptors (Lipinski definition) is 5. The molecule has 0 aliphatic carbocycles. The van der Waals surface area contributed by atoms with Crippen molar-refractivity contribution in [3.63, 3.8) is 0 Å². The molecule has 3 rings (SSSR count). The first kappa shape index (κ1) is 7.57. The van der Waals surface area contributed by atoms with Crippen molar-refractivity contribution in [2.45, 2.75) is 0 Å². The maximum absolute atomic E-state index is 9.36. The largest absolute Gasteiger partial charge is 0.493 e. The molecule has 14 heavy (non-hydrogen) atoms. The van der Waals surface area contributed by atoms with Gasteiger partial charge in [0.05, 0.1) is 11.6 Å². The van der Waals surface area contributed by atoms with Crippen molar-refractivity contribution in [1.29, 1.82) is 0 Å². The molecule has 0 aromatic carbocycles. The third kappa shape index (κ3) is 0.942. The van der Waals surface area contributed by atoms with Gasteiger partial charge in [-0.1, -0.05) is 11.3 Å². The van der Waals surface area contributed by atoms with E-state index in [4.69, 9.17) is 4.42 Å². The Bertz CT molecular complexity index is 566. The number of furan rings is 1. The highest BCUT2D eigenvalue weighted by Crippen LogP contribution is 2.23. The molecule has 0 amide bonds. The average molecular weight is 207 g/mol. The van der Waals surface area contributed by atoms with Crippen LogP contribution in [0.15, 0.2) is 28.2 Å².